The predicted octanol–water partition coefficient (Wildman–Crippen LogP) is 0.811. The summed E-state index contributed by atoms with van der Waals surface area (Å²) in [6.07, 6.45) is -10.4. The molecule has 790 valence electrons. The lowest BCUT2D eigenvalue weighted by Crippen LogP contribution is -2.75. The lowest BCUT2D eigenvalue weighted by molar-refractivity contribution is -0.154. The molecule has 20 heterocycles. The number of aromatic nitrogens is 4. The third kappa shape index (κ3) is 14.9. The number of imide groups is 8. The van der Waals surface area contributed by atoms with Crippen LogP contribution in [0, 0.1) is 56.3 Å². The lowest BCUT2D eigenvalue weighted by atomic mass is 9.66. The molecular weight excluding hydrogens is 2010 g/mol. The van der Waals surface area contributed by atoms with Crippen molar-refractivity contribution in [1.82, 2.24) is 63.2 Å². The molecule has 150 heavy (non-hydrogen) atoms. The minimum Gasteiger partial charge on any atom is -0.447 e. The fourth-order valence-corrected chi connectivity index (χ4v) is 24.5. The fraction of sp³-hybridized carbons (Fsp3) is 0.495. The zero-order chi connectivity index (χ0) is 107. The Morgan fingerprint density at radius 3 is 0.907 bits per heavy atom. The highest BCUT2D eigenvalue weighted by Gasteiger charge is 2.70. The monoisotopic (exact) mass is 2090 g/mol. The van der Waals surface area contributed by atoms with Gasteiger partial charge in [-0.25, -0.2) is 70.6 Å². The number of carbonyl (C=O) groups excluding carboxylic acids is 16. The van der Waals surface area contributed by atoms with E-state index in [9.17, 15) is 97.1 Å². The summed E-state index contributed by atoms with van der Waals surface area (Å²) < 4.78 is 130. The maximum Gasteiger partial charge on any atom is 0.416 e. The molecule has 0 bridgehead atoms. The Hall–Kier alpha value is -16.2. The molecule has 8 aromatic rings. The number of anilines is 8. The van der Waals surface area contributed by atoms with Crippen LogP contribution in [0.15, 0.2) is 47.5 Å². The number of aliphatic hydroxyl groups excluding tert-OH is 4. The average Bonchev–Trinajstić information content (AvgIpc) is 1.44. The number of morpholine rings is 4. The van der Waals surface area contributed by atoms with Gasteiger partial charge in [-0.15, -0.1) is 0 Å². The van der Waals surface area contributed by atoms with Gasteiger partial charge < -0.3 is 101 Å². The molecule has 20 amide bonds. The molecule has 24 rings (SSSR count). The van der Waals surface area contributed by atoms with E-state index in [4.69, 9.17) is 66.5 Å². The molecule has 0 unspecified atom stereocenters. The van der Waals surface area contributed by atoms with E-state index in [1.807, 2.05) is 6.07 Å². The van der Waals surface area contributed by atoms with Gasteiger partial charge in [0.2, 0.25) is 69.6 Å². The van der Waals surface area contributed by atoms with Crippen molar-refractivity contribution < 1.29 is 176 Å². The van der Waals surface area contributed by atoms with E-state index in [0.717, 1.165) is 25.8 Å². The van der Waals surface area contributed by atoms with Crippen LogP contribution in [0.1, 0.15) is 84.1 Å². The number of nitriles is 1. The first-order valence-electron chi connectivity index (χ1n) is 47.3. The first-order valence-corrected chi connectivity index (χ1v) is 47.3. The van der Waals surface area contributed by atoms with E-state index < -0.39 is 239 Å². The van der Waals surface area contributed by atoms with E-state index >= 15 is 17.6 Å². The molecule has 18 atom stereocenters. The van der Waals surface area contributed by atoms with Crippen LogP contribution in [0.3, 0.4) is 0 Å². The normalized spacial score (nSPS) is 29.0. The summed E-state index contributed by atoms with van der Waals surface area (Å²) >= 11 is 0. The number of oxime groups is 1. The van der Waals surface area contributed by atoms with Gasteiger partial charge in [-0.05, 0) is 102 Å². The molecule has 16 aliphatic heterocycles. The number of cyclic esters (lactones) is 4. The van der Waals surface area contributed by atoms with Crippen molar-refractivity contribution in [3.05, 3.63) is 69.8 Å². The molecule has 4 aromatic carbocycles. The summed E-state index contributed by atoms with van der Waals surface area (Å²) in [7, 11) is 0. The number of carbonyl (C=O) groups is 16. The third-order valence-corrected chi connectivity index (χ3v) is 30.2. The van der Waals surface area contributed by atoms with Gasteiger partial charge in [0.05, 0.1) is 155 Å². The summed E-state index contributed by atoms with van der Waals surface area (Å²) in [5.41, 5.74) is -6.86. The van der Waals surface area contributed by atoms with Crippen LogP contribution in [-0.2, 0) is 102 Å². The number of benzene rings is 4. The molecule has 13 N–H and O–H groups in total. The van der Waals surface area contributed by atoms with Gasteiger partial charge in [0.1, 0.15) is 56.8 Å². The summed E-state index contributed by atoms with van der Waals surface area (Å²) in [6.45, 7) is 12.4. The van der Waals surface area contributed by atoms with Crippen LogP contribution in [0.25, 0.3) is 43.9 Å². The summed E-state index contributed by atoms with van der Waals surface area (Å²) in [5, 5.41) is 93.5. The second kappa shape index (κ2) is 36.4. The molecule has 0 aliphatic carbocycles. The van der Waals surface area contributed by atoms with E-state index in [-0.39, 0.29) is 221 Å². The molecule has 55 nitrogen and oxygen atoms in total. The highest BCUT2D eigenvalue weighted by molar-refractivity contribution is 6.24. The van der Waals surface area contributed by atoms with Crippen LogP contribution < -0.4 is 81.7 Å². The molecule has 12 saturated heterocycles. The Balaban J connectivity index is 0.000000117. The minimum absolute atomic E-state index is 0.0332. The van der Waals surface area contributed by atoms with Crippen molar-refractivity contribution in [2.45, 2.75) is 197 Å². The molecule has 59 heteroatoms. The van der Waals surface area contributed by atoms with Crippen molar-refractivity contribution in [3.63, 3.8) is 0 Å². The Morgan fingerprint density at radius 1 is 0.393 bits per heavy atom. The number of nitrogens with one attached hydrogen (secondary N) is 8. The van der Waals surface area contributed by atoms with Crippen LogP contribution in [0.2, 0.25) is 0 Å². The number of ether oxygens (including phenoxy) is 8. The molecule has 4 aromatic heterocycles. The van der Waals surface area contributed by atoms with Gasteiger partial charge in [0, 0.05) is 51.9 Å². The van der Waals surface area contributed by atoms with Gasteiger partial charge >= 0.3 is 48.5 Å². The van der Waals surface area contributed by atoms with Crippen LogP contribution in [-0.4, -0.2) is 323 Å². The molecular formula is C91H90F4N22O33. The first kappa shape index (κ1) is 99.8. The van der Waals surface area contributed by atoms with E-state index in [1.54, 1.807) is 75.0 Å². The second-order valence-corrected chi connectivity index (χ2v) is 39.1. The van der Waals surface area contributed by atoms with Gasteiger partial charge in [-0.3, -0.25) is 85.8 Å². The minimum atomic E-state index is -1.83. The fourth-order valence-electron chi connectivity index (χ4n) is 24.5. The Labute approximate surface area is 837 Å². The SMILES string of the molecule is C[C@@H]1CN2c3c(cc4c(N5C(=O)OC[C@@H]5C=NO)noc4c3F)CC3(C(=O)NC(=O)NC3=O)[C@H]2[C@H](C)O1.C[C@@H]1CN2c3c(cc4c(N5C(=O)OC[C@@H]5CC#N)noc4c3F)CC3(C(=O)NC(=O)NC3=O)[C@H]2[C@H](C)O1.C[C@@H]1CN2c3c(cc4c(N5C(=O)OC[C@@H]5[C@@H](O)CO)noc4c3F)CC3(C(=O)NC(=O)NC3=O)[C@H]2[C@H](C)O1.C[C@@H]1CN2c3c(cc4c(N5C(=O)OC[C@@H]5[C@H](O)CO)noc4c3F)CC3(C(=O)NC(=O)NC3=O)[C@H]2[C@H](C)O1. The highest BCUT2D eigenvalue weighted by Crippen LogP contribution is 2.57. The number of halogens is 4. The summed E-state index contributed by atoms with van der Waals surface area (Å²) in [5.74, 6) is -10.2. The quantitative estimate of drug-likeness (QED) is 0.0225. The third-order valence-electron chi connectivity index (χ3n) is 30.2. The van der Waals surface area contributed by atoms with Crippen LogP contribution in [0.5, 0.6) is 0 Å². The zero-order valence-corrected chi connectivity index (χ0v) is 79.8. The molecule has 12 fully saturated rings. The van der Waals surface area contributed by atoms with Crippen LogP contribution in [0.4, 0.5) is 102 Å². The number of barbiturate groups is 4. The molecule has 4 spiro atoms. The van der Waals surface area contributed by atoms with E-state index in [1.165, 1.54) is 24.3 Å². The number of amides is 20. The van der Waals surface area contributed by atoms with Gasteiger partial charge in [0.25, 0.3) is 0 Å². The van der Waals surface area contributed by atoms with Gasteiger partial charge in [0.15, 0.2) is 68.2 Å². The van der Waals surface area contributed by atoms with Crippen molar-refractivity contribution >= 4 is 192 Å². The smallest absolute Gasteiger partial charge is 0.416 e. The maximum absolute atomic E-state index is 16.2. The number of urea groups is 4. The maximum atomic E-state index is 16.2. The number of fused-ring (bicyclic) bond motifs is 20. The number of nitrogens with zero attached hydrogens (tertiary/aromatic N) is 14. The standard InChI is InChI=1S/C23H21FN6O7.2C23H24FN5O9.C22H21FN6O8/c1-9-7-29-15-11(6-23(17(29)10(2)36-9)19(31)26-21(33)27-20(23)32)5-13-16(14(15)24)37-28-18(13)30-12(3-4-25)8-35-22(30)34;2*1-8-5-28-15-10(4-23(17(28)9(2)37-8)19(32)25-21(34)26-20(23)33)3-11-16(14(15)24)38-27-18(11)29-12(13(31)6-30)7-36-22(29)35;1-8-6-28-14-10(4-22(16(28)9(2)36-8)18(30)25-20(32)26-19(22)31)3-12-15(13(14)23)37-27-17(12)29-11(5-24-34)7-35-21(29)33/h5,9-10,12,17H,3,6-8H2,1-2H3,(H2,26,27,31,32,33);2*3,8-9,12-13,17,30-31H,4-7H2,1-2H3,(H2,25,26,32,33,34);3,5,8-9,11,16,34H,4,6-7H2,1-2H3,(H2,25,26,30,31,32)/t9-,10+,12+,17-;8-,9+,12-,13+,17-;8-,9+,12-,13-,17-;8-,9+,11+,16-/m1111/s1. The lowest BCUT2D eigenvalue weighted by Gasteiger charge is -2.55. The highest BCUT2D eigenvalue weighted by atomic mass is 19.1. The summed E-state index contributed by atoms with van der Waals surface area (Å²) in [4.78, 5) is 215. The van der Waals surface area contributed by atoms with Gasteiger partial charge in [-0.2, -0.15) is 5.26 Å². The summed E-state index contributed by atoms with van der Waals surface area (Å²) in [6, 6.07) is -3.13. The number of aliphatic hydroxyl groups is 4. The number of hydrogen-bond acceptors (Lipinski definition) is 43. The van der Waals surface area contributed by atoms with Gasteiger partial charge in [-0.1, -0.05) is 25.8 Å². The van der Waals surface area contributed by atoms with E-state index in [2.05, 4.69) is 68.3 Å². The predicted molar refractivity (Wildman–Crippen MR) is 489 cm³/mol. The van der Waals surface area contributed by atoms with Crippen molar-refractivity contribution in [2.24, 2.45) is 26.8 Å². The topological polar surface area (TPSA) is 711 Å². The first-order chi connectivity index (χ1) is 71.5. The Kier molecular flexibility index (Phi) is 24.2. The number of hydrogen-bond donors (Lipinski definition) is 13. The molecule has 0 saturated carbocycles. The number of rotatable bonds is 10. The largest absolute Gasteiger partial charge is 0.447 e. The van der Waals surface area contributed by atoms with Crippen molar-refractivity contribution in [2.75, 3.05) is 105 Å². The Morgan fingerprint density at radius 2 is 0.640 bits per heavy atom. The zero-order valence-electron chi connectivity index (χ0n) is 79.8. The van der Waals surface area contributed by atoms with Crippen molar-refractivity contribution in [3.8, 4) is 6.07 Å². The van der Waals surface area contributed by atoms with E-state index in [0.29, 0.717) is 0 Å². The van der Waals surface area contributed by atoms with Crippen LogP contribution >= 0.6 is 0 Å². The molecule has 16 aliphatic rings. The Bertz CT molecular complexity index is 7020. The molecule has 0 radical (unpaired) electrons. The second-order valence-electron chi connectivity index (χ2n) is 39.1. The van der Waals surface area contributed by atoms with Crippen molar-refractivity contribution in [1.29, 1.82) is 5.26 Å². The average molecular weight is 2100 g/mol.